The van der Waals surface area contributed by atoms with E-state index in [1.165, 1.54) is 6.20 Å². The van der Waals surface area contributed by atoms with E-state index in [1.54, 1.807) is 24.3 Å². The van der Waals surface area contributed by atoms with E-state index in [0.717, 1.165) is 11.1 Å². The highest BCUT2D eigenvalue weighted by Crippen LogP contribution is 2.25. The minimum atomic E-state index is -3.64. The van der Waals surface area contributed by atoms with Crippen LogP contribution >= 0.6 is 27.5 Å². The van der Waals surface area contributed by atoms with Crippen molar-refractivity contribution in [3.8, 4) is 0 Å². The summed E-state index contributed by atoms with van der Waals surface area (Å²) in [6.45, 7) is 3.80. The molecule has 7 heteroatoms. The molecule has 1 aromatic heterocycles. The highest BCUT2D eigenvalue weighted by molar-refractivity contribution is 9.10. The fraction of sp³-hybridized carbons (Fsp3) is 0.154. The van der Waals surface area contributed by atoms with Gasteiger partial charge in [-0.3, -0.25) is 4.72 Å². The van der Waals surface area contributed by atoms with Crippen LogP contribution < -0.4 is 4.72 Å². The molecule has 0 aliphatic carbocycles. The molecule has 0 aliphatic heterocycles. The van der Waals surface area contributed by atoms with Gasteiger partial charge < -0.3 is 0 Å². The highest BCUT2D eigenvalue weighted by Gasteiger charge is 2.15. The molecule has 2 rings (SSSR count). The summed E-state index contributed by atoms with van der Waals surface area (Å²) in [5.74, 6) is 0. The lowest BCUT2D eigenvalue weighted by Gasteiger charge is -2.10. The van der Waals surface area contributed by atoms with Crippen LogP contribution in [-0.4, -0.2) is 13.4 Å². The van der Waals surface area contributed by atoms with Gasteiger partial charge in [-0.15, -0.1) is 0 Å². The van der Waals surface area contributed by atoms with Crippen molar-refractivity contribution in [1.82, 2.24) is 4.98 Å². The van der Waals surface area contributed by atoms with Crippen LogP contribution in [-0.2, 0) is 10.0 Å². The third-order valence-corrected chi connectivity index (χ3v) is 5.35. The van der Waals surface area contributed by atoms with Gasteiger partial charge in [0.2, 0.25) is 0 Å². The summed E-state index contributed by atoms with van der Waals surface area (Å²) < 4.78 is 27.5. The molecule has 0 bridgehead atoms. The number of aromatic nitrogens is 1. The Morgan fingerprint density at radius 1 is 1.20 bits per heavy atom. The minimum absolute atomic E-state index is 0.215. The quantitative estimate of drug-likeness (QED) is 0.827. The largest absolute Gasteiger partial charge is 0.278 e. The normalized spacial score (nSPS) is 11.4. The molecule has 0 unspecified atom stereocenters. The Balaban J connectivity index is 2.35. The first kappa shape index (κ1) is 15.3. The summed E-state index contributed by atoms with van der Waals surface area (Å²) in [7, 11) is -3.64. The third-order valence-electron chi connectivity index (χ3n) is 2.84. The first-order chi connectivity index (χ1) is 9.29. The van der Waals surface area contributed by atoms with E-state index in [1.807, 2.05) is 13.8 Å². The van der Waals surface area contributed by atoms with Crippen LogP contribution in [0.4, 0.5) is 5.69 Å². The Kier molecular flexibility index (Phi) is 4.36. The number of halogens is 2. The molecule has 4 nitrogen and oxygen atoms in total. The standard InChI is InChI=1S/C13H12BrClN2O2S/c1-8-3-4-11(5-9(8)2)20(18,19)17-10-6-12(14)13(15)16-7-10/h3-7,17H,1-2H3. The second kappa shape index (κ2) is 5.71. The smallest absolute Gasteiger partial charge is 0.261 e. The fourth-order valence-electron chi connectivity index (χ4n) is 1.57. The molecule has 1 heterocycles. The van der Waals surface area contributed by atoms with Crippen molar-refractivity contribution in [2.75, 3.05) is 4.72 Å². The van der Waals surface area contributed by atoms with Gasteiger partial charge in [0.25, 0.3) is 10.0 Å². The van der Waals surface area contributed by atoms with Gasteiger partial charge in [-0.25, -0.2) is 13.4 Å². The number of nitrogens with one attached hydrogen (secondary N) is 1. The first-order valence-corrected chi connectivity index (χ1v) is 8.36. The van der Waals surface area contributed by atoms with Crippen LogP contribution in [0, 0.1) is 13.8 Å². The predicted molar refractivity (Wildman–Crippen MR) is 83.7 cm³/mol. The average Bonchev–Trinajstić information content (AvgIpc) is 2.37. The van der Waals surface area contributed by atoms with E-state index in [-0.39, 0.29) is 10.0 Å². The van der Waals surface area contributed by atoms with Crippen molar-refractivity contribution in [3.05, 3.63) is 51.2 Å². The van der Waals surface area contributed by atoms with E-state index in [4.69, 9.17) is 11.6 Å². The molecule has 2 aromatic rings. The molecule has 1 N–H and O–H groups in total. The van der Waals surface area contributed by atoms with Gasteiger partial charge in [0.1, 0.15) is 5.15 Å². The second-order valence-corrected chi connectivity index (χ2v) is 7.24. The van der Waals surface area contributed by atoms with Crippen molar-refractivity contribution >= 4 is 43.2 Å². The monoisotopic (exact) mass is 374 g/mol. The first-order valence-electron chi connectivity index (χ1n) is 5.71. The molecule has 0 atom stereocenters. The van der Waals surface area contributed by atoms with E-state index >= 15 is 0 Å². The molecule has 106 valence electrons. The number of pyridine rings is 1. The van der Waals surface area contributed by atoms with Crippen molar-refractivity contribution in [2.24, 2.45) is 0 Å². The number of hydrogen-bond donors (Lipinski definition) is 1. The van der Waals surface area contributed by atoms with Crippen molar-refractivity contribution in [1.29, 1.82) is 0 Å². The molecule has 0 radical (unpaired) electrons. The number of anilines is 1. The summed E-state index contributed by atoms with van der Waals surface area (Å²) in [6, 6.07) is 6.55. The lowest BCUT2D eigenvalue weighted by atomic mass is 10.1. The van der Waals surface area contributed by atoms with Crippen LogP contribution in [0.15, 0.2) is 39.8 Å². The number of aryl methyl sites for hydroxylation is 2. The zero-order chi connectivity index (χ0) is 14.9. The van der Waals surface area contributed by atoms with E-state index < -0.39 is 10.0 Å². The van der Waals surface area contributed by atoms with Crippen LogP contribution in [0.1, 0.15) is 11.1 Å². The lowest BCUT2D eigenvalue weighted by Crippen LogP contribution is -2.13. The fourth-order valence-corrected chi connectivity index (χ4v) is 3.14. The average molecular weight is 376 g/mol. The summed E-state index contributed by atoms with van der Waals surface area (Å²) >= 11 is 8.97. The van der Waals surface area contributed by atoms with Crippen LogP contribution in [0.2, 0.25) is 5.15 Å². The summed E-state index contributed by atoms with van der Waals surface area (Å²) in [6.07, 6.45) is 1.37. The van der Waals surface area contributed by atoms with E-state index in [0.29, 0.717) is 10.2 Å². The summed E-state index contributed by atoms with van der Waals surface area (Å²) in [5.41, 5.74) is 2.31. The number of hydrogen-bond acceptors (Lipinski definition) is 3. The molecular weight excluding hydrogens is 364 g/mol. The van der Waals surface area contributed by atoms with Gasteiger partial charge in [-0.05, 0) is 59.1 Å². The zero-order valence-electron chi connectivity index (χ0n) is 10.8. The number of nitrogens with zero attached hydrogens (tertiary/aromatic N) is 1. The maximum absolute atomic E-state index is 12.3. The molecule has 0 amide bonds. The lowest BCUT2D eigenvalue weighted by molar-refractivity contribution is 0.601. The number of sulfonamides is 1. The van der Waals surface area contributed by atoms with Crippen molar-refractivity contribution < 1.29 is 8.42 Å². The molecule has 0 saturated heterocycles. The van der Waals surface area contributed by atoms with Gasteiger partial charge in [0.05, 0.1) is 21.3 Å². The maximum atomic E-state index is 12.3. The van der Waals surface area contributed by atoms with Gasteiger partial charge in [-0.1, -0.05) is 17.7 Å². The van der Waals surface area contributed by atoms with Gasteiger partial charge in [0, 0.05) is 0 Å². The Hall–Kier alpha value is -1.11. The Morgan fingerprint density at radius 3 is 2.50 bits per heavy atom. The van der Waals surface area contributed by atoms with E-state index in [9.17, 15) is 8.42 Å². The summed E-state index contributed by atoms with van der Waals surface area (Å²) in [5, 5.41) is 0.277. The number of rotatable bonds is 3. The predicted octanol–water partition coefficient (Wildman–Crippen LogP) is 3.92. The van der Waals surface area contributed by atoms with Gasteiger partial charge >= 0.3 is 0 Å². The highest BCUT2D eigenvalue weighted by atomic mass is 79.9. The zero-order valence-corrected chi connectivity index (χ0v) is 14.0. The minimum Gasteiger partial charge on any atom is -0.278 e. The van der Waals surface area contributed by atoms with E-state index in [2.05, 4.69) is 25.6 Å². The molecular formula is C13H12BrClN2O2S. The van der Waals surface area contributed by atoms with Crippen molar-refractivity contribution in [2.45, 2.75) is 18.7 Å². The maximum Gasteiger partial charge on any atom is 0.261 e. The van der Waals surface area contributed by atoms with Crippen LogP contribution in [0.3, 0.4) is 0 Å². The van der Waals surface area contributed by atoms with Crippen LogP contribution in [0.25, 0.3) is 0 Å². The molecule has 0 fully saturated rings. The molecule has 0 saturated carbocycles. The SMILES string of the molecule is Cc1ccc(S(=O)(=O)Nc2cnc(Cl)c(Br)c2)cc1C. The molecule has 0 aliphatic rings. The molecule has 0 spiro atoms. The Labute approximate surface area is 131 Å². The van der Waals surface area contributed by atoms with Crippen molar-refractivity contribution in [3.63, 3.8) is 0 Å². The summed E-state index contributed by atoms with van der Waals surface area (Å²) in [4.78, 5) is 4.09. The number of benzene rings is 1. The topological polar surface area (TPSA) is 59.1 Å². The Morgan fingerprint density at radius 2 is 1.90 bits per heavy atom. The van der Waals surface area contributed by atoms with Gasteiger partial charge in [0.15, 0.2) is 0 Å². The van der Waals surface area contributed by atoms with Gasteiger partial charge in [-0.2, -0.15) is 0 Å². The molecule has 20 heavy (non-hydrogen) atoms. The Bertz CT molecular complexity index is 763. The second-order valence-electron chi connectivity index (χ2n) is 4.35. The van der Waals surface area contributed by atoms with Crippen LogP contribution in [0.5, 0.6) is 0 Å². The molecule has 1 aromatic carbocycles. The third kappa shape index (κ3) is 3.31.